The van der Waals surface area contributed by atoms with Crippen LogP contribution >= 0.6 is 15.9 Å². The minimum Gasteiger partial charge on any atom is -0.463 e. The third-order valence-corrected chi connectivity index (χ3v) is 4.62. The molecule has 7 heteroatoms. The van der Waals surface area contributed by atoms with E-state index < -0.39 is 17.7 Å². The molecule has 1 aliphatic heterocycles. The maximum Gasteiger partial charge on any atom is 0.338 e. The van der Waals surface area contributed by atoms with Crippen molar-refractivity contribution in [2.24, 2.45) is 5.73 Å². The predicted molar refractivity (Wildman–Crippen MR) is 88.8 cm³/mol. The van der Waals surface area contributed by atoms with Crippen LogP contribution in [-0.2, 0) is 14.3 Å². The standard InChI is InChI=1S/C17H16BrFN2O3/c1-4-23-17(22)13-9(3)24-16(21)11(7-20)14(13)10-5-6-12(18)8(2)15(10)19/h5-6,14H,4,21H2,1-3H3. The SMILES string of the molecule is CCOC(=O)C1=C(C)OC(N)=C(C#N)C1c1ccc(Br)c(C)c1F. The van der Waals surface area contributed by atoms with Crippen LogP contribution in [0, 0.1) is 24.1 Å². The molecule has 0 saturated heterocycles. The lowest BCUT2D eigenvalue weighted by molar-refractivity contribution is -0.139. The molecule has 0 aliphatic carbocycles. The minimum absolute atomic E-state index is 0.0238. The number of nitrogens with zero attached hydrogens (tertiary/aromatic N) is 1. The Kier molecular flexibility index (Phi) is 5.30. The average Bonchev–Trinajstić information content (AvgIpc) is 2.52. The highest BCUT2D eigenvalue weighted by Crippen LogP contribution is 2.41. The molecule has 2 rings (SSSR count). The monoisotopic (exact) mass is 394 g/mol. The van der Waals surface area contributed by atoms with E-state index in [2.05, 4.69) is 15.9 Å². The number of hydrogen-bond acceptors (Lipinski definition) is 5. The third-order valence-electron chi connectivity index (χ3n) is 3.76. The molecule has 1 aromatic carbocycles. The van der Waals surface area contributed by atoms with Gasteiger partial charge in [-0.15, -0.1) is 0 Å². The van der Waals surface area contributed by atoms with E-state index in [-0.39, 0.29) is 35.0 Å². The van der Waals surface area contributed by atoms with Crippen LogP contribution < -0.4 is 5.73 Å². The number of carbonyl (C=O) groups excluding carboxylic acids is 1. The molecule has 0 amide bonds. The summed E-state index contributed by atoms with van der Waals surface area (Å²) in [5, 5.41) is 9.45. The quantitative estimate of drug-likeness (QED) is 0.792. The van der Waals surface area contributed by atoms with Gasteiger partial charge in [0.15, 0.2) is 0 Å². The fraction of sp³-hybridized carbons (Fsp3) is 0.294. The summed E-state index contributed by atoms with van der Waals surface area (Å²) in [6, 6.07) is 5.09. The highest BCUT2D eigenvalue weighted by molar-refractivity contribution is 9.10. The Hall–Kier alpha value is -2.33. The summed E-state index contributed by atoms with van der Waals surface area (Å²) >= 11 is 3.26. The predicted octanol–water partition coefficient (Wildman–Crippen LogP) is 3.54. The summed E-state index contributed by atoms with van der Waals surface area (Å²) in [7, 11) is 0. The molecular formula is C17H16BrFN2O3. The summed E-state index contributed by atoms with van der Waals surface area (Å²) in [4.78, 5) is 12.4. The van der Waals surface area contributed by atoms with Crippen LogP contribution in [-0.4, -0.2) is 12.6 Å². The molecule has 0 saturated carbocycles. The number of rotatable bonds is 3. The van der Waals surface area contributed by atoms with Gasteiger partial charge < -0.3 is 15.2 Å². The first-order valence-corrected chi connectivity index (χ1v) is 8.02. The van der Waals surface area contributed by atoms with Gasteiger partial charge in [0.1, 0.15) is 23.2 Å². The van der Waals surface area contributed by atoms with Gasteiger partial charge >= 0.3 is 5.97 Å². The normalized spacial score (nSPS) is 17.4. The van der Waals surface area contributed by atoms with Crippen molar-refractivity contribution in [2.45, 2.75) is 26.7 Å². The largest absolute Gasteiger partial charge is 0.463 e. The van der Waals surface area contributed by atoms with E-state index in [4.69, 9.17) is 15.2 Å². The van der Waals surface area contributed by atoms with Gasteiger partial charge in [0.25, 0.3) is 0 Å². The fourth-order valence-corrected chi connectivity index (χ4v) is 2.88. The van der Waals surface area contributed by atoms with Crippen molar-refractivity contribution in [3.05, 3.63) is 56.3 Å². The Morgan fingerprint density at radius 2 is 2.17 bits per heavy atom. The number of carbonyl (C=O) groups is 1. The number of nitrogens with two attached hydrogens (primary N) is 1. The Morgan fingerprint density at radius 1 is 1.50 bits per heavy atom. The van der Waals surface area contributed by atoms with Crippen molar-refractivity contribution >= 4 is 21.9 Å². The van der Waals surface area contributed by atoms with Gasteiger partial charge in [0.05, 0.1) is 18.1 Å². The molecule has 2 N–H and O–H groups in total. The van der Waals surface area contributed by atoms with Gasteiger partial charge in [0, 0.05) is 10.0 Å². The van der Waals surface area contributed by atoms with Gasteiger partial charge in [-0.3, -0.25) is 0 Å². The van der Waals surface area contributed by atoms with Crippen molar-refractivity contribution in [2.75, 3.05) is 6.61 Å². The second-order valence-electron chi connectivity index (χ2n) is 5.19. The lowest BCUT2D eigenvalue weighted by atomic mass is 9.82. The molecule has 1 aliphatic rings. The van der Waals surface area contributed by atoms with Crippen LogP contribution in [0.3, 0.4) is 0 Å². The molecule has 1 unspecified atom stereocenters. The second-order valence-corrected chi connectivity index (χ2v) is 6.05. The van der Waals surface area contributed by atoms with Crippen LogP contribution in [0.2, 0.25) is 0 Å². The summed E-state index contributed by atoms with van der Waals surface area (Å²) < 4.78 is 25.7. The summed E-state index contributed by atoms with van der Waals surface area (Å²) in [6.45, 7) is 4.93. The van der Waals surface area contributed by atoms with Crippen molar-refractivity contribution in [1.29, 1.82) is 5.26 Å². The Labute approximate surface area is 147 Å². The van der Waals surface area contributed by atoms with Crippen LogP contribution in [0.4, 0.5) is 4.39 Å². The number of benzene rings is 1. The molecule has 1 heterocycles. The lowest BCUT2D eigenvalue weighted by Crippen LogP contribution is -2.26. The Balaban J connectivity index is 2.72. The molecule has 0 fully saturated rings. The first-order chi connectivity index (χ1) is 11.3. The van der Waals surface area contributed by atoms with E-state index >= 15 is 0 Å². The molecule has 1 aromatic rings. The first kappa shape index (κ1) is 18.0. The smallest absolute Gasteiger partial charge is 0.338 e. The number of allylic oxidation sites excluding steroid dienone is 2. The maximum atomic E-state index is 14.8. The highest BCUT2D eigenvalue weighted by atomic mass is 79.9. The van der Waals surface area contributed by atoms with E-state index in [1.807, 2.05) is 6.07 Å². The van der Waals surface area contributed by atoms with Crippen molar-refractivity contribution < 1.29 is 18.7 Å². The van der Waals surface area contributed by atoms with E-state index in [1.54, 1.807) is 19.9 Å². The zero-order chi connectivity index (χ0) is 18.0. The maximum absolute atomic E-state index is 14.8. The van der Waals surface area contributed by atoms with Crippen molar-refractivity contribution in [1.82, 2.24) is 0 Å². The summed E-state index contributed by atoms with van der Waals surface area (Å²) in [5.74, 6) is -2.12. The molecule has 0 spiro atoms. The van der Waals surface area contributed by atoms with Crippen molar-refractivity contribution in [3.63, 3.8) is 0 Å². The average molecular weight is 395 g/mol. The second kappa shape index (κ2) is 7.05. The van der Waals surface area contributed by atoms with E-state index in [0.717, 1.165) is 0 Å². The van der Waals surface area contributed by atoms with E-state index in [9.17, 15) is 14.4 Å². The number of ether oxygens (including phenoxy) is 2. The first-order valence-electron chi connectivity index (χ1n) is 7.23. The number of nitriles is 1. The van der Waals surface area contributed by atoms with E-state index in [1.165, 1.54) is 13.0 Å². The summed E-state index contributed by atoms with van der Waals surface area (Å²) in [5.41, 5.74) is 6.37. The molecule has 0 bridgehead atoms. The molecular weight excluding hydrogens is 379 g/mol. The third kappa shape index (κ3) is 3.02. The molecule has 1 atom stereocenters. The Bertz CT molecular complexity index is 809. The number of halogens is 2. The van der Waals surface area contributed by atoms with Crippen LogP contribution in [0.25, 0.3) is 0 Å². The van der Waals surface area contributed by atoms with E-state index in [0.29, 0.717) is 10.0 Å². The highest BCUT2D eigenvalue weighted by Gasteiger charge is 2.38. The van der Waals surface area contributed by atoms with Gasteiger partial charge in [-0.1, -0.05) is 22.0 Å². The zero-order valence-electron chi connectivity index (χ0n) is 13.4. The summed E-state index contributed by atoms with van der Waals surface area (Å²) in [6.07, 6.45) is 0. The van der Waals surface area contributed by atoms with Gasteiger partial charge in [-0.25, -0.2) is 9.18 Å². The molecule has 0 aromatic heterocycles. The van der Waals surface area contributed by atoms with Gasteiger partial charge in [-0.2, -0.15) is 5.26 Å². The molecule has 5 nitrogen and oxygen atoms in total. The Morgan fingerprint density at radius 3 is 2.75 bits per heavy atom. The van der Waals surface area contributed by atoms with Crippen LogP contribution in [0.1, 0.15) is 30.9 Å². The van der Waals surface area contributed by atoms with Crippen molar-refractivity contribution in [3.8, 4) is 6.07 Å². The van der Waals surface area contributed by atoms with Gasteiger partial charge in [-0.05, 0) is 32.4 Å². The minimum atomic E-state index is -0.977. The van der Waals surface area contributed by atoms with Crippen LogP contribution in [0.15, 0.2) is 39.4 Å². The molecule has 0 radical (unpaired) electrons. The fourth-order valence-electron chi connectivity index (χ4n) is 2.57. The number of hydrogen-bond donors (Lipinski definition) is 1. The van der Waals surface area contributed by atoms with Crippen LogP contribution in [0.5, 0.6) is 0 Å². The zero-order valence-corrected chi connectivity index (χ0v) is 15.0. The molecule has 24 heavy (non-hydrogen) atoms. The number of esters is 1. The lowest BCUT2D eigenvalue weighted by Gasteiger charge is -2.27. The van der Waals surface area contributed by atoms with Gasteiger partial charge in [0.2, 0.25) is 5.88 Å². The topological polar surface area (TPSA) is 85.3 Å². The molecule has 126 valence electrons.